The normalized spacial score (nSPS) is 12.1. The number of carbonyl (C=O) groups excluding carboxylic acids is 1. The molecule has 5 heteroatoms. The minimum Gasteiger partial charge on any atom is -0.352 e. The molecule has 2 aromatic rings. The fraction of sp³-hybridized carbons (Fsp3) is 0.375. The molecule has 0 aliphatic heterocycles. The van der Waals surface area contributed by atoms with Crippen LogP contribution < -0.4 is 11.1 Å². The zero-order valence-corrected chi connectivity index (χ0v) is 12.3. The molecule has 0 bridgehead atoms. The summed E-state index contributed by atoms with van der Waals surface area (Å²) in [5.41, 5.74) is 7.83. The van der Waals surface area contributed by atoms with Gasteiger partial charge in [-0.25, -0.2) is 4.68 Å². The van der Waals surface area contributed by atoms with Gasteiger partial charge in [-0.2, -0.15) is 5.10 Å². The highest BCUT2D eigenvalue weighted by molar-refractivity contribution is 5.76. The lowest BCUT2D eigenvalue weighted by Crippen LogP contribution is -2.31. The number of benzene rings is 1. The summed E-state index contributed by atoms with van der Waals surface area (Å²) in [6, 6.07) is 9.81. The van der Waals surface area contributed by atoms with E-state index in [-0.39, 0.29) is 11.9 Å². The second kappa shape index (κ2) is 7.59. The summed E-state index contributed by atoms with van der Waals surface area (Å²) in [5.74, 6) is -0.0107. The molecule has 0 fully saturated rings. The highest BCUT2D eigenvalue weighted by Gasteiger charge is 2.09. The third-order valence-corrected chi connectivity index (χ3v) is 3.25. The average molecular weight is 286 g/mol. The lowest BCUT2D eigenvalue weighted by Gasteiger charge is -2.09. The summed E-state index contributed by atoms with van der Waals surface area (Å²) in [5, 5.41) is 7.18. The smallest absolute Gasteiger partial charge is 0.221 e. The van der Waals surface area contributed by atoms with Gasteiger partial charge in [-0.15, -0.1) is 0 Å². The number of carbonyl (C=O) groups is 1. The van der Waals surface area contributed by atoms with Crippen LogP contribution in [-0.4, -0.2) is 21.7 Å². The SMILES string of the molecule is CCCC(N)CC(=O)NCc1cnn(-c2ccccc2)c1. The first-order chi connectivity index (χ1) is 10.2. The maximum absolute atomic E-state index is 11.8. The molecule has 1 aromatic heterocycles. The maximum atomic E-state index is 11.8. The third kappa shape index (κ3) is 4.72. The van der Waals surface area contributed by atoms with Crippen molar-refractivity contribution in [2.24, 2.45) is 5.73 Å². The minimum absolute atomic E-state index is 0.0107. The lowest BCUT2D eigenvalue weighted by molar-refractivity contribution is -0.121. The second-order valence-corrected chi connectivity index (χ2v) is 5.16. The Morgan fingerprint density at radius 3 is 2.86 bits per heavy atom. The van der Waals surface area contributed by atoms with E-state index in [2.05, 4.69) is 17.3 Å². The molecule has 112 valence electrons. The van der Waals surface area contributed by atoms with E-state index in [1.807, 2.05) is 36.5 Å². The van der Waals surface area contributed by atoms with Crippen LogP contribution in [0.15, 0.2) is 42.7 Å². The van der Waals surface area contributed by atoms with Crippen molar-refractivity contribution in [3.63, 3.8) is 0 Å². The lowest BCUT2D eigenvalue weighted by atomic mass is 10.1. The van der Waals surface area contributed by atoms with E-state index in [0.717, 1.165) is 24.1 Å². The van der Waals surface area contributed by atoms with Crippen molar-refractivity contribution in [1.29, 1.82) is 0 Å². The molecule has 3 N–H and O–H groups in total. The molecular weight excluding hydrogens is 264 g/mol. The summed E-state index contributed by atoms with van der Waals surface area (Å²) in [4.78, 5) is 11.8. The van der Waals surface area contributed by atoms with Crippen molar-refractivity contribution in [3.05, 3.63) is 48.3 Å². The number of amides is 1. The van der Waals surface area contributed by atoms with Crippen LogP contribution in [0.3, 0.4) is 0 Å². The monoisotopic (exact) mass is 286 g/mol. The van der Waals surface area contributed by atoms with E-state index in [1.165, 1.54) is 0 Å². The van der Waals surface area contributed by atoms with Crippen LogP contribution in [0.1, 0.15) is 31.7 Å². The first-order valence-electron chi connectivity index (χ1n) is 7.30. The number of aromatic nitrogens is 2. The Labute approximate surface area is 125 Å². The van der Waals surface area contributed by atoms with Crippen molar-refractivity contribution >= 4 is 5.91 Å². The number of nitrogens with zero attached hydrogens (tertiary/aromatic N) is 2. The molecule has 5 nitrogen and oxygen atoms in total. The summed E-state index contributed by atoms with van der Waals surface area (Å²) in [6.07, 6.45) is 5.93. The fourth-order valence-electron chi connectivity index (χ4n) is 2.16. The molecule has 1 amide bonds. The predicted octanol–water partition coefficient (Wildman–Crippen LogP) is 2.01. The van der Waals surface area contributed by atoms with E-state index in [1.54, 1.807) is 10.9 Å². The van der Waals surface area contributed by atoms with E-state index < -0.39 is 0 Å². The summed E-state index contributed by atoms with van der Waals surface area (Å²) in [6.45, 7) is 2.54. The molecule has 0 aliphatic carbocycles. The van der Waals surface area contributed by atoms with Crippen molar-refractivity contribution in [3.8, 4) is 5.69 Å². The molecule has 1 atom stereocenters. The van der Waals surface area contributed by atoms with Crippen LogP contribution in [0.5, 0.6) is 0 Å². The van der Waals surface area contributed by atoms with E-state index >= 15 is 0 Å². The Hall–Kier alpha value is -2.14. The van der Waals surface area contributed by atoms with Gasteiger partial charge in [0.25, 0.3) is 0 Å². The number of nitrogens with one attached hydrogen (secondary N) is 1. The Morgan fingerprint density at radius 1 is 1.38 bits per heavy atom. The predicted molar refractivity (Wildman–Crippen MR) is 82.9 cm³/mol. The standard InChI is InChI=1S/C16H22N4O/c1-2-6-14(17)9-16(21)18-10-13-11-19-20(12-13)15-7-4-3-5-8-15/h3-5,7-8,11-12,14H,2,6,9-10,17H2,1H3,(H,18,21). The minimum atomic E-state index is -0.0537. The van der Waals surface area contributed by atoms with Gasteiger partial charge in [0.2, 0.25) is 5.91 Å². The molecule has 0 spiro atoms. The second-order valence-electron chi connectivity index (χ2n) is 5.16. The molecular formula is C16H22N4O. The highest BCUT2D eigenvalue weighted by atomic mass is 16.1. The molecule has 1 aromatic carbocycles. The Morgan fingerprint density at radius 2 is 2.14 bits per heavy atom. The summed E-state index contributed by atoms with van der Waals surface area (Å²) >= 11 is 0. The molecule has 0 radical (unpaired) electrons. The topological polar surface area (TPSA) is 72.9 Å². The van der Waals surface area contributed by atoms with Gasteiger partial charge in [0.05, 0.1) is 11.9 Å². The average Bonchev–Trinajstić information content (AvgIpc) is 2.95. The molecule has 0 saturated carbocycles. The van der Waals surface area contributed by atoms with Crippen molar-refractivity contribution < 1.29 is 4.79 Å². The van der Waals surface area contributed by atoms with Gasteiger partial charge >= 0.3 is 0 Å². The van der Waals surface area contributed by atoms with Crippen LogP contribution in [0.4, 0.5) is 0 Å². The quantitative estimate of drug-likeness (QED) is 0.817. The van der Waals surface area contributed by atoms with Gasteiger partial charge in [-0.3, -0.25) is 4.79 Å². The van der Waals surface area contributed by atoms with Crippen LogP contribution in [0.25, 0.3) is 5.69 Å². The maximum Gasteiger partial charge on any atom is 0.221 e. The third-order valence-electron chi connectivity index (χ3n) is 3.25. The van der Waals surface area contributed by atoms with Crippen LogP contribution >= 0.6 is 0 Å². The molecule has 1 heterocycles. The van der Waals surface area contributed by atoms with Crippen molar-refractivity contribution in [1.82, 2.24) is 15.1 Å². The van der Waals surface area contributed by atoms with Gasteiger partial charge in [0.15, 0.2) is 0 Å². The number of hydrogen-bond acceptors (Lipinski definition) is 3. The number of rotatable bonds is 7. The van der Waals surface area contributed by atoms with Gasteiger partial charge in [0, 0.05) is 30.8 Å². The summed E-state index contributed by atoms with van der Waals surface area (Å²) < 4.78 is 1.80. The van der Waals surface area contributed by atoms with E-state index in [9.17, 15) is 4.79 Å². The first kappa shape index (κ1) is 15.3. The van der Waals surface area contributed by atoms with E-state index in [0.29, 0.717) is 13.0 Å². The van der Waals surface area contributed by atoms with Gasteiger partial charge in [-0.1, -0.05) is 31.5 Å². The molecule has 2 rings (SSSR count). The zero-order chi connectivity index (χ0) is 15.1. The Balaban J connectivity index is 1.84. The molecule has 0 aliphatic rings. The van der Waals surface area contributed by atoms with Crippen LogP contribution in [0.2, 0.25) is 0 Å². The number of nitrogens with two attached hydrogens (primary N) is 1. The van der Waals surface area contributed by atoms with Crippen molar-refractivity contribution in [2.75, 3.05) is 0 Å². The highest BCUT2D eigenvalue weighted by Crippen LogP contribution is 2.07. The van der Waals surface area contributed by atoms with Gasteiger partial charge in [0.1, 0.15) is 0 Å². The van der Waals surface area contributed by atoms with Gasteiger partial charge in [-0.05, 0) is 18.6 Å². The number of hydrogen-bond donors (Lipinski definition) is 2. The molecule has 0 saturated heterocycles. The summed E-state index contributed by atoms with van der Waals surface area (Å²) in [7, 11) is 0. The molecule has 1 unspecified atom stereocenters. The molecule has 21 heavy (non-hydrogen) atoms. The van der Waals surface area contributed by atoms with E-state index in [4.69, 9.17) is 5.73 Å². The van der Waals surface area contributed by atoms with Gasteiger partial charge < -0.3 is 11.1 Å². The number of para-hydroxylation sites is 1. The van der Waals surface area contributed by atoms with Crippen LogP contribution in [-0.2, 0) is 11.3 Å². The fourth-order valence-corrected chi connectivity index (χ4v) is 2.16. The Bertz CT molecular complexity index is 565. The zero-order valence-electron chi connectivity index (χ0n) is 12.3. The first-order valence-corrected chi connectivity index (χ1v) is 7.30. The van der Waals surface area contributed by atoms with Crippen molar-refractivity contribution in [2.45, 2.75) is 38.8 Å². The Kier molecular flexibility index (Phi) is 5.51. The largest absolute Gasteiger partial charge is 0.352 e. The van der Waals surface area contributed by atoms with Crippen LogP contribution in [0, 0.1) is 0 Å².